The van der Waals surface area contributed by atoms with Crippen molar-refractivity contribution < 1.29 is 4.79 Å². The van der Waals surface area contributed by atoms with Gasteiger partial charge in [-0.15, -0.1) is 12.4 Å². The van der Waals surface area contributed by atoms with Crippen molar-refractivity contribution in [3.8, 4) is 0 Å². The van der Waals surface area contributed by atoms with Crippen molar-refractivity contribution in [2.45, 2.75) is 44.2 Å². The molecule has 1 aromatic carbocycles. The van der Waals surface area contributed by atoms with Crippen LogP contribution in [0.5, 0.6) is 0 Å². The predicted octanol–water partition coefficient (Wildman–Crippen LogP) is 2.67. The molecule has 0 bridgehead atoms. The van der Waals surface area contributed by atoms with Gasteiger partial charge in [-0.1, -0.05) is 30.3 Å². The third-order valence-corrected chi connectivity index (χ3v) is 5.97. The molecule has 2 aromatic rings. The summed E-state index contributed by atoms with van der Waals surface area (Å²) >= 11 is 0. The summed E-state index contributed by atoms with van der Waals surface area (Å²) in [7, 11) is 0. The SMILES string of the molecule is Cl.O=C(NC1CCN(CCc2ccccc2)CC1)c1ccn(C2CCCNC2)n1. The Balaban J connectivity index is 0.00000240. The standard InChI is InChI=1S/C22H31N5O.ClH/c28-22(21-11-16-27(25-21)20-7-4-12-23-17-20)24-19-9-14-26(15-10-19)13-8-18-5-2-1-3-6-18;/h1-3,5-6,11,16,19-20,23H,4,7-10,12-15,17H2,(H,24,28);1H. The summed E-state index contributed by atoms with van der Waals surface area (Å²) in [5, 5.41) is 11.1. The molecule has 2 saturated heterocycles. The Labute approximate surface area is 179 Å². The van der Waals surface area contributed by atoms with E-state index in [0.29, 0.717) is 11.7 Å². The van der Waals surface area contributed by atoms with Gasteiger partial charge in [0, 0.05) is 38.4 Å². The normalized spacial score (nSPS) is 20.8. The van der Waals surface area contributed by atoms with Crippen molar-refractivity contribution >= 4 is 18.3 Å². The fraction of sp³-hybridized carbons (Fsp3) is 0.545. The number of likely N-dealkylation sites (tertiary alicyclic amines) is 1. The number of rotatable bonds is 6. The molecular formula is C22H32ClN5O. The second-order valence-corrected chi connectivity index (χ2v) is 8.01. The molecule has 3 heterocycles. The van der Waals surface area contributed by atoms with E-state index >= 15 is 0 Å². The van der Waals surface area contributed by atoms with E-state index in [4.69, 9.17) is 0 Å². The zero-order valence-electron chi connectivity index (χ0n) is 16.9. The van der Waals surface area contributed by atoms with Crippen LogP contribution < -0.4 is 10.6 Å². The van der Waals surface area contributed by atoms with E-state index in [1.165, 1.54) is 5.56 Å². The van der Waals surface area contributed by atoms with E-state index in [0.717, 1.165) is 64.8 Å². The highest BCUT2D eigenvalue weighted by molar-refractivity contribution is 5.92. The molecule has 1 unspecified atom stereocenters. The van der Waals surface area contributed by atoms with Gasteiger partial charge in [0.1, 0.15) is 5.69 Å². The van der Waals surface area contributed by atoms with Crippen molar-refractivity contribution in [1.29, 1.82) is 0 Å². The Morgan fingerprint density at radius 1 is 1.14 bits per heavy atom. The van der Waals surface area contributed by atoms with E-state index in [1.807, 2.05) is 16.9 Å². The number of aromatic nitrogens is 2. The first-order valence-electron chi connectivity index (χ1n) is 10.6. The maximum atomic E-state index is 12.6. The monoisotopic (exact) mass is 417 g/mol. The number of hydrogen-bond acceptors (Lipinski definition) is 4. The van der Waals surface area contributed by atoms with Crippen molar-refractivity contribution in [2.75, 3.05) is 32.7 Å². The molecule has 0 saturated carbocycles. The van der Waals surface area contributed by atoms with Crippen molar-refractivity contribution in [3.63, 3.8) is 0 Å². The van der Waals surface area contributed by atoms with Gasteiger partial charge in [-0.3, -0.25) is 9.48 Å². The Hall–Kier alpha value is -1.89. The third-order valence-electron chi connectivity index (χ3n) is 5.97. The van der Waals surface area contributed by atoms with Crippen molar-refractivity contribution in [3.05, 3.63) is 53.9 Å². The van der Waals surface area contributed by atoms with Gasteiger partial charge in [0.05, 0.1) is 6.04 Å². The number of amides is 1. The molecule has 158 valence electrons. The number of hydrogen-bond donors (Lipinski definition) is 2. The lowest BCUT2D eigenvalue weighted by atomic mass is 10.0. The van der Waals surface area contributed by atoms with Crippen LogP contribution in [0.2, 0.25) is 0 Å². The smallest absolute Gasteiger partial charge is 0.271 e. The third kappa shape index (κ3) is 6.04. The van der Waals surface area contributed by atoms with Gasteiger partial charge in [-0.05, 0) is 50.3 Å². The Morgan fingerprint density at radius 3 is 2.66 bits per heavy atom. The molecule has 4 rings (SSSR count). The van der Waals surface area contributed by atoms with Gasteiger partial charge >= 0.3 is 0 Å². The average molecular weight is 418 g/mol. The summed E-state index contributed by atoms with van der Waals surface area (Å²) in [6, 6.07) is 13.1. The number of nitrogens with zero attached hydrogens (tertiary/aromatic N) is 3. The van der Waals surface area contributed by atoms with E-state index in [2.05, 4.69) is 51.0 Å². The first-order valence-corrected chi connectivity index (χ1v) is 10.6. The van der Waals surface area contributed by atoms with Crippen LogP contribution in [0.1, 0.15) is 47.8 Å². The molecular weight excluding hydrogens is 386 g/mol. The minimum atomic E-state index is -0.0368. The number of halogens is 1. The largest absolute Gasteiger partial charge is 0.348 e. The van der Waals surface area contributed by atoms with Crippen LogP contribution in [0.3, 0.4) is 0 Å². The highest BCUT2D eigenvalue weighted by Gasteiger charge is 2.23. The van der Waals surface area contributed by atoms with E-state index in [1.54, 1.807) is 0 Å². The van der Waals surface area contributed by atoms with Crippen LogP contribution in [0.25, 0.3) is 0 Å². The maximum Gasteiger partial charge on any atom is 0.271 e. The molecule has 2 aliphatic heterocycles. The second kappa shape index (κ2) is 10.8. The fourth-order valence-corrected chi connectivity index (χ4v) is 4.21. The molecule has 7 heteroatoms. The average Bonchev–Trinajstić information content (AvgIpc) is 3.25. The highest BCUT2D eigenvalue weighted by atomic mass is 35.5. The van der Waals surface area contributed by atoms with Crippen LogP contribution in [-0.4, -0.2) is 59.4 Å². The van der Waals surface area contributed by atoms with Crippen molar-refractivity contribution in [1.82, 2.24) is 25.3 Å². The molecule has 6 nitrogen and oxygen atoms in total. The summed E-state index contributed by atoms with van der Waals surface area (Å²) < 4.78 is 1.95. The summed E-state index contributed by atoms with van der Waals surface area (Å²) in [4.78, 5) is 15.1. The summed E-state index contributed by atoms with van der Waals surface area (Å²) in [6.07, 6.45) is 7.33. The second-order valence-electron chi connectivity index (χ2n) is 8.01. The first kappa shape index (κ1) is 21.8. The summed E-state index contributed by atoms with van der Waals surface area (Å²) in [5.41, 5.74) is 1.93. The minimum absolute atomic E-state index is 0. The lowest BCUT2D eigenvalue weighted by Crippen LogP contribution is -2.45. The zero-order chi connectivity index (χ0) is 19.2. The lowest BCUT2D eigenvalue weighted by Gasteiger charge is -2.32. The van der Waals surface area contributed by atoms with Gasteiger partial charge < -0.3 is 15.5 Å². The molecule has 2 fully saturated rings. The molecule has 1 aromatic heterocycles. The lowest BCUT2D eigenvalue weighted by molar-refractivity contribution is 0.0905. The number of benzene rings is 1. The van der Waals surface area contributed by atoms with Crippen LogP contribution in [0, 0.1) is 0 Å². The first-order chi connectivity index (χ1) is 13.8. The van der Waals surface area contributed by atoms with Gasteiger partial charge in [-0.25, -0.2) is 0 Å². The number of piperidine rings is 2. The molecule has 29 heavy (non-hydrogen) atoms. The zero-order valence-corrected chi connectivity index (χ0v) is 17.7. The van der Waals surface area contributed by atoms with Crippen LogP contribution in [-0.2, 0) is 6.42 Å². The Kier molecular flexibility index (Phi) is 8.09. The molecule has 1 amide bonds. The molecule has 2 aliphatic rings. The van der Waals surface area contributed by atoms with Gasteiger partial charge in [0.2, 0.25) is 0 Å². The molecule has 2 N–H and O–H groups in total. The summed E-state index contributed by atoms with van der Waals surface area (Å²) in [5.74, 6) is -0.0368. The number of carbonyl (C=O) groups excluding carboxylic acids is 1. The van der Waals surface area contributed by atoms with E-state index in [9.17, 15) is 4.79 Å². The van der Waals surface area contributed by atoms with Crippen LogP contribution >= 0.6 is 12.4 Å². The minimum Gasteiger partial charge on any atom is -0.348 e. The van der Waals surface area contributed by atoms with Crippen LogP contribution in [0.4, 0.5) is 0 Å². The van der Waals surface area contributed by atoms with Crippen molar-refractivity contribution in [2.24, 2.45) is 0 Å². The molecule has 0 radical (unpaired) electrons. The molecule has 1 atom stereocenters. The Morgan fingerprint density at radius 2 is 1.93 bits per heavy atom. The van der Waals surface area contributed by atoms with Gasteiger partial charge in [-0.2, -0.15) is 5.10 Å². The topological polar surface area (TPSA) is 62.2 Å². The van der Waals surface area contributed by atoms with Crippen LogP contribution in [0.15, 0.2) is 42.6 Å². The molecule has 0 aliphatic carbocycles. The summed E-state index contributed by atoms with van der Waals surface area (Å²) in [6.45, 7) is 5.18. The predicted molar refractivity (Wildman–Crippen MR) is 118 cm³/mol. The Bertz CT molecular complexity index is 752. The van der Waals surface area contributed by atoms with E-state index < -0.39 is 0 Å². The van der Waals surface area contributed by atoms with Gasteiger partial charge in [0.15, 0.2) is 0 Å². The van der Waals surface area contributed by atoms with Gasteiger partial charge in [0.25, 0.3) is 5.91 Å². The molecule has 0 spiro atoms. The fourth-order valence-electron chi connectivity index (χ4n) is 4.21. The maximum absolute atomic E-state index is 12.6. The quantitative estimate of drug-likeness (QED) is 0.758. The highest BCUT2D eigenvalue weighted by Crippen LogP contribution is 2.16. The number of carbonyl (C=O) groups is 1. The van der Waals surface area contributed by atoms with E-state index in [-0.39, 0.29) is 24.4 Å². The number of nitrogens with one attached hydrogen (secondary N) is 2.